The number of rotatable bonds is 5. The summed E-state index contributed by atoms with van der Waals surface area (Å²) in [6.45, 7) is 4.03. The first-order chi connectivity index (χ1) is 12.0. The predicted octanol–water partition coefficient (Wildman–Crippen LogP) is 4.03. The van der Waals surface area contributed by atoms with Crippen molar-refractivity contribution in [3.63, 3.8) is 0 Å². The third-order valence-electron chi connectivity index (χ3n) is 3.69. The fourth-order valence-electron chi connectivity index (χ4n) is 2.57. The van der Waals surface area contributed by atoms with Gasteiger partial charge in [-0.15, -0.1) is 0 Å². The summed E-state index contributed by atoms with van der Waals surface area (Å²) in [5.74, 6) is 1.15. The fourth-order valence-corrected chi connectivity index (χ4v) is 2.57. The summed E-state index contributed by atoms with van der Waals surface area (Å²) in [6.07, 6.45) is 1.73. The highest BCUT2D eigenvalue weighted by molar-refractivity contribution is 5.88. The number of nitrogens with zero attached hydrogens (tertiary/aromatic N) is 3. The highest BCUT2D eigenvalue weighted by atomic mass is 16.6. The van der Waals surface area contributed by atoms with E-state index in [1.165, 1.54) is 12.1 Å². The molecule has 1 N–H and O–H groups in total. The molecule has 1 heterocycles. The Hall–Kier alpha value is -3.22. The summed E-state index contributed by atoms with van der Waals surface area (Å²) in [4.78, 5) is 19.4. The molecule has 0 bridgehead atoms. The lowest BCUT2D eigenvalue weighted by Gasteiger charge is -2.12. The second-order valence-electron chi connectivity index (χ2n) is 5.91. The molecule has 25 heavy (non-hydrogen) atoms. The van der Waals surface area contributed by atoms with Crippen molar-refractivity contribution in [2.75, 3.05) is 12.4 Å². The topological polar surface area (TPSA) is 90.2 Å². The van der Waals surface area contributed by atoms with Gasteiger partial charge in [0.05, 0.1) is 17.5 Å². The molecule has 3 rings (SSSR count). The SMILES string of the molecule is COc1cc2nc(NC(C)C)ncc2cc1-c1cccc([N+](=O)[O-])c1. The number of nitrogens with one attached hydrogen (secondary N) is 1. The number of ether oxygens (including phenoxy) is 1. The molecular formula is C18H18N4O3. The van der Waals surface area contributed by atoms with Crippen molar-refractivity contribution in [3.05, 3.63) is 52.7 Å². The highest BCUT2D eigenvalue weighted by Gasteiger charge is 2.13. The van der Waals surface area contributed by atoms with E-state index in [0.29, 0.717) is 17.3 Å². The zero-order chi connectivity index (χ0) is 18.0. The molecule has 0 aliphatic heterocycles. The van der Waals surface area contributed by atoms with Gasteiger partial charge in [0.2, 0.25) is 5.95 Å². The van der Waals surface area contributed by atoms with Crippen LogP contribution in [0.25, 0.3) is 22.0 Å². The number of hydrogen-bond donors (Lipinski definition) is 1. The standard InChI is InChI=1S/C18H18N4O3/c1-11(2)20-18-19-10-13-8-15(17(25-3)9-16(13)21-18)12-5-4-6-14(7-12)22(23)24/h4-11H,1-3H3,(H,19,20,21). The summed E-state index contributed by atoms with van der Waals surface area (Å²) >= 11 is 0. The lowest BCUT2D eigenvalue weighted by molar-refractivity contribution is -0.384. The van der Waals surface area contributed by atoms with Crippen molar-refractivity contribution in [1.29, 1.82) is 0 Å². The Labute approximate surface area is 144 Å². The summed E-state index contributed by atoms with van der Waals surface area (Å²) < 4.78 is 5.48. The molecular weight excluding hydrogens is 320 g/mol. The number of aromatic nitrogens is 2. The van der Waals surface area contributed by atoms with Crippen molar-refractivity contribution < 1.29 is 9.66 Å². The van der Waals surface area contributed by atoms with E-state index in [0.717, 1.165) is 16.5 Å². The van der Waals surface area contributed by atoms with Gasteiger partial charge < -0.3 is 10.1 Å². The van der Waals surface area contributed by atoms with E-state index < -0.39 is 4.92 Å². The maximum absolute atomic E-state index is 11.0. The van der Waals surface area contributed by atoms with Crippen molar-refractivity contribution in [1.82, 2.24) is 9.97 Å². The minimum Gasteiger partial charge on any atom is -0.496 e. The number of nitro groups is 1. The van der Waals surface area contributed by atoms with Crippen molar-refractivity contribution in [3.8, 4) is 16.9 Å². The van der Waals surface area contributed by atoms with Crippen LogP contribution in [0.15, 0.2) is 42.6 Å². The average molecular weight is 338 g/mol. The van der Waals surface area contributed by atoms with E-state index in [-0.39, 0.29) is 11.7 Å². The number of nitro benzene ring substituents is 1. The Morgan fingerprint density at radius 1 is 1.24 bits per heavy atom. The maximum atomic E-state index is 11.0. The van der Waals surface area contributed by atoms with Gasteiger partial charge in [0, 0.05) is 41.4 Å². The van der Waals surface area contributed by atoms with Gasteiger partial charge in [-0.2, -0.15) is 0 Å². The van der Waals surface area contributed by atoms with Gasteiger partial charge in [-0.25, -0.2) is 9.97 Å². The Morgan fingerprint density at radius 3 is 2.72 bits per heavy atom. The largest absolute Gasteiger partial charge is 0.496 e. The Morgan fingerprint density at radius 2 is 2.04 bits per heavy atom. The van der Waals surface area contributed by atoms with Gasteiger partial charge >= 0.3 is 0 Å². The van der Waals surface area contributed by atoms with E-state index in [4.69, 9.17) is 4.74 Å². The average Bonchev–Trinajstić information content (AvgIpc) is 2.60. The van der Waals surface area contributed by atoms with Crippen LogP contribution in [0.2, 0.25) is 0 Å². The summed E-state index contributed by atoms with van der Waals surface area (Å²) in [5.41, 5.74) is 2.24. The van der Waals surface area contributed by atoms with Gasteiger partial charge in [0.15, 0.2) is 0 Å². The number of methoxy groups -OCH3 is 1. The Bertz CT molecular complexity index is 941. The van der Waals surface area contributed by atoms with Crippen LogP contribution in [0.4, 0.5) is 11.6 Å². The van der Waals surface area contributed by atoms with E-state index in [1.54, 1.807) is 19.4 Å². The number of anilines is 1. The molecule has 0 atom stereocenters. The normalized spacial score (nSPS) is 10.9. The van der Waals surface area contributed by atoms with Crippen LogP contribution in [0.1, 0.15) is 13.8 Å². The van der Waals surface area contributed by atoms with Crippen LogP contribution in [-0.4, -0.2) is 28.0 Å². The monoisotopic (exact) mass is 338 g/mol. The summed E-state index contributed by atoms with van der Waals surface area (Å²) in [5, 5.41) is 15.0. The molecule has 0 radical (unpaired) electrons. The minimum absolute atomic E-state index is 0.0346. The molecule has 0 amide bonds. The number of benzene rings is 2. The Balaban J connectivity index is 2.12. The molecule has 0 unspecified atom stereocenters. The van der Waals surface area contributed by atoms with Crippen molar-refractivity contribution in [2.45, 2.75) is 19.9 Å². The van der Waals surface area contributed by atoms with Gasteiger partial charge in [-0.05, 0) is 25.5 Å². The molecule has 0 aliphatic carbocycles. The third-order valence-corrected chi connectivity index (χ3v) is 3.69. The van der Waals surface area contributed by atoms with Gasteiger partial charge in [-0.3, -0.25) is 10.1 Å². The lowest BCUT2D eigenvalue weighted by Crippen LogP contribution is -2.12. The Kier molecular flexibility index (Phi) is 4.47. The maximum Gasteiger partial charge on any atom is 0.270 e. The van der Waals surface area contributed by atoms with Gasteiger partial charge in [-0.1, -0.05) is 12.1 Å². The second-order valence-corrected chi connectivity index (χ2v) is 5.91. The first-order valence-corrected chi connectivity index (χ1v) is 7.84. The van der Waals surface area contributed by atoms with Gasteiger partial charge in [0.1, 0.15) is 5.75 Å². The molecule has 7 nitrogen and oxygen atoms in total. The second kappa shape index (κ2) is 6.72. The van der Waals surface area contributed by atoms with Crippen LogP contribution >= 0.6 is 0 Å². The van der Waals surface area contributed by atoms with Crippen LogP contribution in [0, 0.1) is 10.1 Å². The highest BCUT2D eigenvalue weighted by Crippen LogP contribution is 2.35. The molecule has 2 aromatic carbocycles. The zero-order valence-electron chi connectivity index (χ0n) is 14.2. The van der Waals surface area contributed by atoms with E-state index in [2.05, 4.69) is 15.3 Å². The minimum atomic E-state index is -0.413. The molecule has 0 spiro atoms. The van der Waals surface area contributed by atoms with Crippen LogP contribution < -0.4 is 10.1 Å². The number of hydrogen-bond acceptors (Lipinski definition) is 6. The molecule has 0 saturated heterocycles. The summed E-state index contributed by atoms with van der Waals surface area (Å²) in [6, 6.07) is 10.4. The first kappa shape index (κ1) is 16.6. The zero-order valence-corrected chi connectivity index (χ0v) is 14.2. The molecule has 1 aromatic heterocycles. The number of non-ortho nitro benzene ring substituents is 1. The van der Waals surface area contributed by atoms with E-state index in [1.807, 2.05) is 32.0 Å². The fraction of sp³-hybridized carbons (Fsp3) is 0.222. The van der Waals surface area contributed by atoms with Crippen LogP contribution in [0.5, 0.6) is 5.75 Å². The van der Waals surface area contributed by atoms with Crippen molar-refractivity contribution in [2.24, 2.45) is 0 Å². The quantitative estimate of drug-likeness (QED) is 0.558. The molecule has 0 saturated carbocycles. The summed E-state index contributed by atoms with van der Waals surface area (Å²) in [7, 11) is 1.57. The van der Waals surface area contributed by atoms with Gasteiger partial charge in [0.25, 0.3) is 5.69 Å². The van der Waals surface area contributed by atoms with Crippen LogP contribution in [-0.2, 0) is 0 Å². The smallest absolute Gasteiger partial charge is 0.270 e. The first-order valence-electron chi connectivity index (χ1n) is 7.84. The molecule has 0 aliphatic rings. The molecule has 0 fully saturated rings. The molecule has 7 heteroatoms. The van der Waals surface area contributed by atoms with E-state index >= 15 is 0 Å². The molecule has 3 aromatic rings. The van der Waals surface area contributed by atoms with E-state index in [9.17, 15) is 10.1 Å². The lowest BCUT2D eigenvalue weighted by atomic mass is 10.0. The number of fused-ring (bicyclic) bond motifs is 1. The van der Waals surface area contributed by atoms with Crippen LogP contribution in [0.3, 0.4) is 0 Å². The predicted molar refractivity (Wildman–Crippen MR) is 96.9 cm³/mol. The third kappa shape index (κ3) is 3.50. The van der Waals surface area contributed by atoms with Crippen molar-refractivity contribution >= 4 is 22.5 Å². The molecule has 128 valence electrons.